The molecule has 17 heavy (non-hydrogen) atoms. The Hall–Kier alpha value is -0.860. The molecule has 0 heterocycles. The summed E-state index contributed by atoms with van der Waals surface area (Å²) in [6.45, 7) is 11.6. The van der Waals surface area contributed by atoms with Crippen LogP contribution in [0.15, 0.2) is 24.3 Å². The van der Waals surface area contributed by atoms with Gasteiger partial charge >= 0.3 is 0 Å². The molecule has 2 N–H and O–H groups in total. The smallest absolute Gasteiger partial charge is 0.0304 e. The number of hydrogen-bond donors (Lipinski definition) is 1. The summed E-state index contributed by atoms with van der Waals surface area (Å²) in [5, 5.41) is 0. The summed E-state index contributed by atoms with van der Waals surface area (Å²) in [5.41, 5.74) is 8.82. The maximum Gasteiger partial charge on any atom is 0.0304 e. The third kappa shape index (κ3) is 3.30. The summed E-state index contributed by atoms with van der Waals surface area (Å²) < 4.78 is 0. The summed E-state index contributed by atoms with van der Waals surface area (Å²) in [6, 6.07) is 8.60. The minimum absolute atomic E-state index is 0.108. The molecule has 0 aromatic heterocycles. The van der Waals surface area contributed by atoms with E-state index in [-0.39, 0.29) is 5.54 Å². The number of benzene rings is 1. The molecule has 0 spiro atoms. The summed E-state index contributed by atoms with van der Waals surface area (Å²) in [4.78, 5) is 2.48. The van der Waals surface area contributed by atoms with E-state index in [9.17, 15) is 0 Å². The van der Waals surface area contributed by atoms with E-state index >= 15 is 0 Å². The topological polar surface area (TPSA) is 29.3 Å². The molecule has 1 unspecified atom stereocenters. The number of likely N-dealkylation sites (N-methyl/N-ethyl adjacent to an activating group) is 1. The molecule has 1 aromatic carbocycles. The lowest BCUT2D eigenvalue weighted by Crippen LogP contribution is -2.50. The van der Waals surface area contributed by atoms with Gasteiger partial charge in [-0.05, 0) is 37.9 Å². The lowest BCUT2D eigenvalue weighted by atomic mass is 9.95. The zero-order chi connectivity index (χ0) is 12.9. The molecule has 0 radical (unpaired) electrons. The second-order valence-corrected chi connectivity index (χ2v) is 5.00. The standard InChI is InChI=1S/C15H26N2/c1-5-15(4,12-16)17(6-2)11-14-10-8-7-9-13(14)3/h7-10H,5-6,11-12,16H2,1-4H3. The molecule has 2 nitrogen and oxygen atoms in total. The van der Waals surface area contributed by atoms with E-state index < -0.39 is 0 Å². The van der Waals surface area contributed by atoms with Gasteiger partial charge in [0.15, 0.2) is 0 Å². The second kappa shape index (κ2) is 6.18. The van der Waals surface area contributed by atoms with Crippen molar-refractivity contribution in [2.45, 2.75) is 46.2 Å². The van der Waals surface area contributed by atoms with Gasteiger partial charge in [0.05, 0.1) is 0 Å². The van der Waals surface area contributed by atoms with Crippen molar-refractivity contribution in [3.8, 4) is 0 Å². The highest BCUT2D eigenvalue weighted by Gasteiger charge is 2.27. The molecule has 0 aliphatic heterocycles. The normalized spacial score (nSPS) is 14.9. The van der Waals surface area contributed by atoms with Gasteiger partial charge in [0.25, 0.3) is 0 Å². The van der Waals surface area contributed by atoms with E-state index in [1.54, 1.807) is 0 Å². The number of nitrogens with zero attached hydrogens (tertiary/aromatic N) is 1. The van der Waals surface area contributed by atoms with Gasteiger partial charge in [0, 0.05) is 18.6 Å². The fraction of sp³-hybridized carbons (Fsp3) is 0.600. The highest BCUT2D eigenvalue weighted by Crippen LogP contribution is 2.21. The number of aryl methyl sites for hydroxylation is 1. The fourth-order valence-electron chi connectivity index (χ4n) is 2.17. The first-order valence-corrected chi connectivity index (χ1v) is 6.57. The van der Waals surface area contributed by atoms with Gasteiger partial charge in [-0.2, -0.15) is 0 Å². The molecule has 1 aromatic rings. The summed E-state index contributed by atoms with van der Waals surface area (Å²) >= 11 is 0. The van der Waals surface area contributed by atoms with Gasteiger partial charge in [0.2, 0.25) is 0 Å². The van der Waals surface area contributed by atoms with Gasteiger partial charge in [0.1, 0.15) is 0 Å². The maximum absolute atomic E-state index is 5.94. The van der Waals surface area contributed by atoms with Gasteiger partial charge in [-0.25, -0.2) is 0 Å². The molecular weight excluding hydrogens is 208 g/mol. The molecule has 0 saturated carbocycles. The predicted octanol–water partition coefficient (Wildman–Crippen LogP) is 2.94. The van der Waals surface area contributed by atoms with E-state index in [1.807, 2.05) is 0 Å². The van der Waals surface area contributed by atoms with Crippen molar-refractivity contribution < 1.29 is 0 Å². The molecule has 0 aliphatic carbocycles. The fourth-order valence-corrected chi connectivity index (χ4v) is 2.17. The van der Waals surface area contributed by atoms with E-state index in [0.717, 1.165) is 19.5 Å². The summed E-state index contributed by atoms with van der Waals surface area (Å²) in [5.74, 6) is 0. The molecule has 0 amide bonds. The Morgan fingerprint density at radius 2 is 1.88 bits per heavy atom. The van der Waals surface area contributed by atoms with Crippen molar-refractivity contribution in [2.24, 2.45) is 5.73 Å². The minimum Gasteiger partial charge on any atom is -0.329 e. The van der Waals surface area contributed by atoms with Gasteiger partial charge in [-0.1, -0.05) is 38.1 Å². The molecule has 2 heteroatoms. The Morgan fingerprint density at radius 3 is 2.35 bits per heavy atom. The van der Waals surface area contributed by atoms with Crippen LogP contribution in [0.25, 0.3) is 0 Å². The van der Waals surface area contributed by atoms with E-state index in [2.05, 4.69) is 56.9 Å². The Balaban J connectivity index is 2.87. The van der Waals surface area contributed by atoms with Crippen molar-refractivity contribution in [3.05, 3.63) is 35.4 Å². The maximum atomic E-state index is 5.94. The summed E-state index contributed by atoms with van der Waals surface area (Å²) in [6.07, 6.45) is 1.09. The molecular formula is C15H26N2. The van der Waals surface area contributed by atoms with Crippen molar-refractivity contribution in [1.29, 1.82) is 0 Å². The molecule has 0 bridgehead atoms. The highest BCUT2D eigenvalue weighted by atomic mass is 15.2. The Morgan fingerprint density at radius 1 is 1.24 bits per heavy atom. The van der Waals surface area contributed by atoms with Crippen LogP contribution in [-0.4, -0.2) is 23.5 Å². The van der Waals surface area contributed by atoms with Gasteiger partial charge in [-0.15, -0.1) is 0 Å². The van der Waals surface area contributed by atoms with Gasteiger partial charge < -0.3 is 5.73 Å². The van der Waals surface area contributed by atoms with E-state index in [1.165, 1.54) is 11.1 Å². The van der Waals surface area contributed by atoms with Crippen molar-refractivity contribution in [2.75, 3.05) is 13.1 Å². The molecule has 1 rings (SSSR count). The number of nitrogens with two attached hydrogens (primary N) is 1. The van der Waals surface area contributed by atoms with Crippen LogP contribution >= 0.6 is 0 Å². The predicted molar refractivity (Wildman–Crippen MR) is 75.0 cm³/mol. The molecule has 0 fully saturated rings. The Bertz CT molecular complexity index is 343. The quantitative estimate of drug-likeness (QED) is 0.820. The molecule has 0 aliphatic rings. The minimum atomic E-state index is 0.108. The Labute approximate surface area is 106 Å². The van der Waals surface area contributed by atoms with E-state index in [0.29, 0.717) is 6.54 Å². The average molecular weight is 234 g/mol. The molecule has 96 valence electrons. The van der Waals surface area contributed by atoms with Crippen LogP contribution in [0.2, 0.25) is 0 Å². The van der Waals surface area contributed by atoms with Crippen LogP contribution in [0.1, 0.15) is 38.3 Å². The largest absolute Gasteiger partial charge is 0.329 e. The van der Waals surface area contributed by atoms with Crippen LogP contribution < -0.4 is 5.73 Å². The first-order chi connectivity index (χ1) is 8.07. The SMILES string of the molecule is CCN(Cc1ccccc1C)C(C)(CC)CN. The van der Waals surface area contributed by atoms with Crippen LogP contribution in [-0.2, 0) is 6.54 Å². The lowest BCUT2D eigenvalue weighted by molar-refractivity contribution is 0.104. The van der Waals surface area contributed by atoms with Crippen molar-refractivity contribution in [1.82, 2.24) is 4.90 Å². The van der Waals surface area contributed by atoms with Crippen LogP contribution in [0, 0.1) is 6.92 Å². The van der Waals surface area contributed by atoms with Crippen LogP contribution in [0.3, 0.4) is 0 Å². The molecule has 0 saturated heterocycles. The zero-order valence-corrected chi connectivity index (χ0v) is 11.7. The Kier molecular flexibility index (Phi) is 5.16. The van der Waals surface area contributed by atoms with Gasteiger partial charge in [-0.3, -0.25) is 4.90 Å². The third-order valence-corrected chi connectivity index (χ3v) is 3.97. The first kappa shape index (κ1) is 14.2. The second-order valence-electron chi connectivity index (χ2n) is 5.00. The highest BCUT2D eigenvalue weighted by molar-refractivity contribution is 5.25. The van der Waals surface area contributed by atoms with E-state index in [4.69, 9.17) is 5.73 Å². The lowest BCUT2D eigenvalue weighted by Gasteiger charge is -2.40. The third-order valence-electron chi connectivity index (χ3n) is 3.97. The van der Waals surface area contributed by atoms with Crippen LogP contribution in [0.4, 0.5) is 0 Å². The number of rotatable bonds is 6. The molecule has 1 atom stereocenters. The van der Waals surface area contributed by atoms with Crippen molar-refractivity contribution in [3.63, 3.8) is 0 Å². The van der Waals surface area contributed by atoms with Crippen molar-refractivity contribution >= 4 is 0 Å². The first-order valence-electron chi connectivity index (χ1n) is 6.57. The zero-order valence-electron chi connectivity index (χ0n) is 11.7. The average Bonchev–Trinajstić information content (AvgIpc) is 2.37. The number of hydrogen-bond acceptors (Lipinski definition) is 2. The summed E-state index contributed by atoms with van der Waals surface area (Å²) in [7, 11) is 0. The van der Waals surface area contributed by atoms with Crippen LogP contribution in [0.5, 0.6) is 0 Å². The monoisotopic (exact) mass is 234 g/mol.